The zero-order chi connectivity index (χ0) is 22.2. The van der Waals surface area contributed by atoms with Crippen LogP contribution < -0.4 is 10.2 Å². The van der Waals surface area contributed by atoms with Gasteiger partial charge in [0.15, 0.2) is 5.76 Å². The molecule has 0 spiro atoms. The molecule has 1 aliphatic heterocycles. The maximum Gasteiger partial charge on any atom is 0.291 e. The molecule has 1 aliphatic rings. The summed E-state index contributed by atoms with van der Waals surface area (Å²) in [5.41, 5.74) is 1.96. The van der Waals surface area contributed by atoms with Crippen LogP contribution in [0.25, 0.3) is 11.3 Å². The molecule has 0 saturated carbocycles. The molecular formula is C25H15BrN2O4. The second kappa shape index (κ2) is 7.94. The summed E-state index contributed by atoms with van der Waals surface area (Å²) in [5, 5.41) is 2.72. The van der Waals surface area contributed by atoms with Crippen molar-refractivity contribution in [3.05, 3.63) is 106 Å². The average molecular weight is 487 g/mol. The van der Waals surface area contributed by atoms with Gasteiger partial charge in [-0.2, -0.15) is 0 Å². The van der Waals surface area contributed by atoms with Gasteiger partial charge in [-0.3, -0.25) is 14.4 Å². The number of hydrogen-bond donors (Lipinski definition) is 1. The van der Waals surface area contributed by atoms with Crippen molar-refractivity contribution in [3.63, 3.8) is 0 Å². The van der Waals surface area contributed by atoms with E-state index in [0.29, 0.717) is 11.4 Å². The fraction of sp³-hybridized carbons (Fsp3) is 0. The quantitative estimate of drug-likeness (QED) is 0.371. The maximum atomic E-state index is 13.1. The van der Waals surface area contributed by atoms with Gasteiger partial charge in [0.25, 0.3) is 17.7 Å². The SMILES string of the molecule is O=C(Nc1cccc2c1C(=O)N(c1ccccc1)C2=O)c1ccc(-c2ccc(Br)cc2)o1. The van der Waals surface area contributed by atoms with E-state index in [4.69, 9.17) is 4.42 Å². The molecule has 0 aliphatic carbocycles. The number of imide groups is 1. The van der Waals surface area contributed by atoms with E-state index >= 15 is 0 Å². The summed E-state index contributed by atoms with van der Waals surface area (Å²) < 4.78 is 6.65. The standard InChI is InChI=1S/C25H15BrN2O4/c26-16-11-9-15(10-12-16)20-13-14-21(32-20)23(29)27-19-8-4-7-18-22(19)25(31)28(24(18)30)17-5-2-1-3-6-17/h1-14H,(H,27,29). The molecule has 3 amide bonds. The maximum absolute atomic E-state index is 13.1. The van der Waals surface area contributed by atoms with Crippen LogP contribution >= 0.6 is 15.9 Å². The van der Waals surface area contributed by atoms with Gasteiger partial charge in [-0.1, -0.05) is 52.3 Å². The number of amides is 3. The lowest BCUT2D eigenvalue weighted by Gasteiger charge is -2.13. The Morgan fingerprint density at radius 1 is 0.812 bits per heavy atom. The molecule has 0 saturated heterocycles. The van der Waals surface area contributed by atoms with Gasteiger partial charge in [-0.05, 0) is 48.5 Å². The summed E-state index contributed by atoms with van der Waals surface area (Å²) >= 11 is 3.39. The molecule has 1 N–H and O–H groups in total. The van der Waals surface area contributed by atoms with Crippen LogP contribution in [-0.2, 0) is 0 Å². The number of halogens is 1. The van der Waals surface area contributed by atoms with Gasteiger partial charge in [-0.15, -0.1) is 0 Å². The van der Waals surface area contributed by atoms with E-state index in [9.17, 15) is 14.4 Å². The van der Waals surface area contributed by atoms with Crippen LogP contribution in [-0.4, -0.2) is 17.7 Å². The zero-order valence-corrected chi connectivity index (χ0v) is 18.1. The highest BCUT2D eigenvalue weighted by molar-refractivity contribution is 9.10. The first-order chi connectivity index (χ1) is 15.5. The van der Waals surface area contributed by atoms with Crippen molar-refractivity contribution in [2.45, 2.75) is 0 Å². The summed E-state index contributed by atoms with van der Waals surface area (Å²) in [4.78, 5) is 39.9. The fourth-order valence-electron chi connectivity index (χ4n) is 3.61. The first-order valence-corrected chi connectivity index (χ1v) is 10.6. The number of hydrogen-bond acceptors (Lipinski definition) is 4. The van der Waals surface area contributed by atoms with Gasteiger partial charge in [-0.25, -0.2) is 4.90 Å². The predicted molar refractivity (Wildman–Crippen MR) is 124 cm³/mol. The number of furan rings is 1. The van der Waals surface area contributed by atoms with Crippen LogP contribution in [0.4, 0.5) is 11.4 Å². The van der Waals surface area contributed by atoms with E-state index in [0.717, 1.165) is 14.9 Å². The molecule has 3 aromatic carbocycles. The van der Waals surface area contributed by atoms with Gasteiger partial charge in [0.2, 0.25) is 0 Å². The number of nitrogens with zero attached hydrogens (tertiary/aromatic N) is 1. The summed E-state index contributed by atoms with van der Waals surface area (Å²) in [6.45, 7) is 0. The van der Waals surface area contributed by atoms with Gasteiger partial charge >= 0.3 is 0 Å². The molecule has 0 unspecified atom stereocenters. The largest absolute Gasteiger partial charge is 0.451 e. The van der Waals surface area contributed by atoms with Gasteiger partial charge in [0, 0.05) is 10.0 Å². The Morgan fingerprint density at radius 2 is 1.56 bits per heavy atom. The highest BCUT2D eigenvalue weighted by atomic mass is 79.9. The minimum absolute atomic E-state index is 0.0946. The topological polar surface area (TPSA) is 79.6 Å². The van der Waals surface area contributed by atoms with Crippen molar-refractivity contribution in [2.75, 3.05) is 10.2 Å². The Bertz CT molecular complexity index is 1360. The summed E-state index contributed by atoms with van der Waals surface area (Å²) in [7, 11) is 0. The fourth-order valence-corrected chi connectivity index (χ4v) is 3.88. The lowest BCUT2D eigenvalue weighted by atomic mass is 10.1. The number of carbonyl (C=O) groups excluding carboxylic acids is 3. The molecule has 0 fully saturated rings. The van der Waals surface area contributed by atoms with Crippen LogP contribution in [0.2, 0.25) is 0 Å². The third-order valence-electron chi connectivity index (χ3n) is 5.14. The highest BCUT2D eigenvalue weighted by Crippen LogP contribution is 2.33. The van der Waals surface area contributed by atoms with E-state index in [1.165, 1.54) is 0 Å². The molecular weight excluding hydrogens is 472 g/mol. The first-order valence-electron chi connectivity index (χ1n) is 9.77. The number of para-hydroxylation sites is 1. The Balaban J connectivity index is 1.43. The molecule has 156 valence electrons. The Hall–Kier alpha value is -3.97. The number of benzene rings is 3. The normalized spacial score (nSPS) is 12.7. The smallest absolute Gasteiger partial charge is 0.291 e. The number of rotatable bonds is 4. The van der Waals surface area contributed by atoms with E-state index in [-0.39, 0.29) is 22.6 Å². The average Bonchev–Trinajstić information content (AvgIpc) is 3.39. The molecule has 0 bridgehead atoms. The van der Waals surface area contributed by atoms with Crippen LogP contribution in [0.5, 0.6) is 0 Å². The van der Waals surface area contributed by atoms with Crippen molar-refractivity contribution >= 4 is 45.0 Å². The van der Waals surface area contributed by atoms with E-state index in [2.05, 4.69) is 21.2 Å². The second-order valence-electron chi connectivity index (χ2n) is 7.13. The third kappa shape index (κ3) is 3.42. The Kier molecular flexibility index (Phi) is 4.95. The minimum Gasteiger partial charge on any atom is -0.451 e. The van der Waals surface area contributed by atoms with Crippen molar-refractivity contribution in [2.24, 2.45) is 0 Å². The van der Waals surface area contributed by atoms with Gasteiger partial charge in [0.1, 0.15) is 5.76 Å². The lowest BCUT2D eigenvalue weighted by Crippen LogP contribution is -2.29. The number of anilines is 2. The summed E-state index contributed by atoms with van der Waals surface area (Å²) in [5.74, 6) is -0.787. The van der Waals surface area contributed by atoms with Gasteiger partial charge < -0.3 is 9.73 Å². The second-order valence-corrected chi connectivity index (χ2v) is 8.05. The highest BCUT2D eigenvalue weighted by Gasteiger charge is 2.38. The zero-order valence-electron chi connectivity index (χ0n) is 16.5. The van der Waals surface area contributed by atoms with Crippen molar-refractivity contribution < 1.29 is 18.8 Å². The molecule has 1 aromatic heterocycles. The monoisotopic (exact) mass is 486 g/mol. The van der Waals surface area contributed by atoms with E-state index in [1.54, 1.807) is 60.7 Å². The van der Waals surface area contributed by atoms with Crippen LogP contribution in [0.3, 0.4) is 0 Å². The molecule has 0 atom stereocenters. The number of carbonyl (C=O) groups is 3. The first kappa shape index (κ1) is 20.0. The molecule has 2 heterocycles. The summed E-state index contributed by atoms with van der Waals surface area (Å²) in [6.07, 6.45) is 0. The van der Waals surface area contributed by atoms with Crippen LogP contribution in [0.1, 0.15) is 31.3 Å². The lowest BCUT2D eigenvalue weighted by molar-refractivity contribution is 0.0926. The third-order valence-corrected chi connectivity index (χ3v) is 5.66. The Morgan fingerprint density at radius 3 is 2.31 bits per heavy atom. The van der Waals surface area contributed by atoms with Crippen LogP contribution in [0, 0.1) is 0 Å². The predicted octanol–water partition coefficient (Wildman–Crippen LogP) is 5.76. The molecule has 7 heteroatoms. The van der Waals surface area contributed by atoms with Crippen molar-refractivity contribution in [1.82, 2.24) is 0 Å². The van der Waals surface area contributed by atoms with Crippen LogP contribution in [0.15, 0.2) is 93.8 Å². The number of nitrogens with one attached hydrogen (secondary N) is 1. The Labute approximate surface area is 191 Å². The van der Waals surface area contributed by atoms with Gasteiger partial charge in [0.05, 0.1) is 22.5 Å². The number of fused-ring (bicyclic) bond motifs is 1. The molecule has 4 aromatic rings. The molecule has 0 radical (unpaired) electrons. The molecule has 6 nitrogen and oxygen atoms in total. The van der Waals surface area contributed by atoms with E-state index < -0.39 is 17.7 Å². The summed E-state index contributed by atoms with van der Waals surface area (Å²) in [6, 6.07) is 24.3. The van der Waals surface area contributed by atoms with E-state index in [1.807, 2.05) is 24.3 Å². The van der Waals surface area contributed by atoms with Crippen molar-refractivity contribution in [3.8, 4) is 11.3 Å². The minimum atomic E-state index is -0.514. The van der Waals surface area contributed by atoms with Crippen molar-refractivity contribution in [1.29, 1.82) is 0 Å². The molecule has 5 rings (SSSR count). The molecule has 32 heavy (non-hydrogen) atoms.